The summed E-state index contributed by atoms with van der Waals surface area (Å²) in [6.45, 7) is 14.8. The van der Waals surface area contributed by atoms with E-state index in [2.05, 4.69) is 27.4 Å². The summed E-state index contributed by atoms with van der Waals surface area (Å²) in [5.41, 5.74) is 1.08. The van der Waals surface area contributed by atoms with Gasteiger partial charge in [-0.05, 0) is 31.1 Å². The summed E-state index contributed by atoms with van der Waals surface area (Å²) in [5, 5.41) is 0. The van der Waals surface area contributed by atoms with Crippen molar-refractivity contribution in [2.75, 3.05) is 0 Å². The fourth-order valence-corrected chi connectivity index (χ4v) is 5.02. The average molecular weight is 306 g/mol. The van der Waals surface area contributed by atoms with Crippen LogP contribution in [0, 0.1) is 29.6 Å². The Morgan fingerprint density at radius 2 is 2.00 bits per heavy atom. The van der Waals surface area contributed by atoms with Crippen molar-refractivity contribution in [1.29, 1.82) is 0 Å². The van der Waals surface area contributed by atoms with E-state index < -0.39 is 5.79 Å². The monoisotopic (exact) mass is 306 g/mol. The molecular weight excluding hydrogens is 276 g/mol. The Kier molecular flexibility index (Phi) is 3.71. The van der Waals surface area contributed by atoms with E-state index in [0.717, 1.165) is 6.42 Å². The van der Waals surface area contributed by atoms with Gasteiger partial charge in [0.05, 0.1) is 11.5 Å². The van der Waals surface area contributed by atoms with Crippen molar-refractivity contribution in [1.82, 2.24) is 0 Å². The van der Waals surface area contributed by atoms with Crippen LogP contribution in [0.25, 0.3) is 0 Å². The quantitative estimate of drug-likeness (QED) is 0.575. The second kappa shape index (κ2) is 5.09. The maximum atomic E-state index is 12.3. The van der Waals surface area contributed by atoms with Gasteiger partial charge in [0.2, 0.25) is 5.79 Å². The van der Waals surface area contributed by atoms with E-state index in [-0.39, 0.29) is 23.4 Å². The lowest BCUT2D eigenvalue weighted by Crippen LogP contribution is -2.51. The second-order valence-electron chi connectivity index (χ2n) is 8.37. The summed E-state index contributed by atoms with van der Waals surface area (Å²) in [7, 11) is 0. The Balaban J connectivity index is 2.00. The van der Waals surface area contributed by atoms with E-state index in [1.807, 2.05) is 13.8 Å². The number of ether oxygens (including phenoxy) is 2. The summed E-state index contributed by atoms with van der Waals surface area (Å²) in [4.78, 5) is 12.3. The van der Waals surface area contributed by atoms with E-state index in [1.165, 1.54) is 18.4 Å². The van der Waals surface area contributed by atoms with Gasteiger partial charge >= 0.3 is 5.97 Å². The molecule has 3 aliphatic rings. The Labute approximate surface area is 134 Å². The maximum absolute atomic E-state index is 12.3. The first kappa shape index (κ1) is 16.0. The molecule has 2 heterocycles. The zero-order valence-electron chi connectivity index (χ0n) is 14.6. The van der Waals surface area contributed by atoms with Crippen molar-refractivity contribution in [2.45, 2.75) is 71.7 Å². The number of carbonyl (C=O) groups is 1. The van der Waals surface area contributed by atoms with Crippen LogP contribution in [0.5, 0.6) is 0 Å². The van der Waals surface area contributed by atoms with Crippen molar-refractivity contribution in [3.63, 3.8) is 0 Å². The van der Waals surface area contributed by atoms with E-state index >= 15 is 0 Å². The van der Waals surface area contributed by atoms with Gasteiger partial charge < -0.3 is 9.47 Å². The minimum absolute atomic E-state index is 0.130. The smallest absolute Gasteiger partial charge is 0.310 e. The molecule has 0 aromatic rings. The molecule has 3 nitrogen and oxygen atoms in total. The van der Waals surface area contributed by atoms with Gasteiger partial charge in [-0.25, -0.2) is 0 Å². The highest BCUT2D eigenvalue weighted by molar-refractivity contribution is 5.72. The van der Waals surface area contributed by atoms with Gasteiger partial charge in [-0.2, -0.15) is 0 Å². The van der Waals surface area contributed by atoms with E-state index in [9.17, 15) is 4.79 Å². The SMILES string of the molecule is C=C1CC2(OC(=O)C(C)C)OC3(CC2C(C)C)C(C)CCC13. The lowest BCUT2D eigenvalue weighted by atomic mass is 9.77. The van der Waals surface area contributed by atoms with Crippen molar-refractivity contribution >= 4 is 5.97 Å². The standard InChI is InChI=1S/C19H30O3/c1-11(2)16-10-18-14(6)7-8-15(18)13(5)9-19(16,22-18)21-17(20)12(3)4/h11-12,14-16H,5,7-10H2,1-4,6H3. The summed E-state index contributed by atoms with van der Waals surface area (Å²) >= 11 is 0. The van der Waals surface area contributed by atoms with Gasteiger partial charge in [-0.1, -0.05) is 46.8 Å². The third-order valence-electron chi connectivity index (χ3n) is 6.29. The van der Waals surface area contributed by atoms with Crippen LogP contribution in [0.1, 0.15) is 60.3 Å². The molecule has 3 rings (SSSR count). The first-order chi connectivity index (χ1) is 10.2. The van der Waals surface area contributed by atoms with Crippen LogP contribution < -0.4 is 0 Å². The minimum Gasteiger partial charge on any atom is -0.432 e. The summed E-state index contributed by atoms with van der Waals surface area (Å²) in [6.07, 6.45) is 4.02. The van der Waals surface area contributed by atoms with Crippen molar-refractivity contribution in [3.05, 3.63) is 12.2 Å². The largest absolute Gasteiger partial charge is 0.432 e. The molecule has 5 unspecified atom stereocenters. The molecule has 0 amide bonds. The molecule has 2 aliphatic heterocycles. The Morgan fingerprint density at radius 1 is 1.32 bits per heavy atom. The highest BCUT2D eigenvalue weighted by Gasteiger charge is 2.68. The maximum Gasteiger partial charge on any atom is 0.310 e. The Morgan fingerprint density at radius 3 is 2.59 bits per heavy atom. The predicted octanol–water partition coefficient (Wildman–Crippen LogP) is 4.32. The molecule has 1 aliphatic carbocycles. The van der Waals surface area contributed by atoms with Crippen LogP contribution in [0.2, 0.25) is 0 Å². The van der Waals surface area contributed by atoms with Crippen LogP contribution in [-0.4, -0.2) is 17.4 Å². The highest BCUT2D eigenvalue weighted by atomic mass is 16.7. The topological polar surface area (TPSA) is 35.5 Å². The summed E-state index contributed by atoms with van der Waals surface area (Å²) < 4.78 is 12.7. The van der Waals surface area contributed by atoms with Crippen LogP contribution in [0.4, 0.5) is 0 Å². The fourth-order valence-electron chi connectivity index (χ4n) is 5.02. The molecule has 1 saturated carbocycles. The van der Waals surface area contributed by atoms with Gasteiger partial charge in [0.25, 0.3) is 0 Å². The molecule has 0 aromatic heterocycles. The molecule has 0 aromatic carbocycles. The Bertz CT molecular complexity index is 495. The van der Waals surface area contributed by atoms with Crippen LogP contribution in [-0.2, 0) is 14.3 Å². The molecular formula is C19H30O3. The first-order valence-corrected chi connectivity index (χ1v) is 8.82. The minimum atomic E-state index is -0.776. The average Bonchev–Trinajstić information content (AvgIpc) is 2.87. The molecule has 22 heavy (non-hydrogen) atoms. The van der Waals surface area contributed by atoms with Gasteiger partial charge in [0, 0.05) is 18.3 Å². The highest BCUT2D eigenvalue weighted by Crippen LogP contribution is 2.64. The third kappa shape index (κ3) is 2.08. The number of carbonyl (C=O) groups excluding carboxylic acids is 1. The normalized spacial score (nSPS) is 43.8. The number of hydrogen-bond donors (Lipinski definition) is 0. The van der Waals surface area contributed by atoms with E-state index in [4.69, 9.17) is 9.47 Å². The molecule has 3 heteroatoms. The number of esters is 1. The molecule has 2 saturated heterocycles. The first-order valence-electron chi connectivity index (χ1n) is 8.82. The molecule has 124 valence electrons. The van der Waals surface area contributed by atoms with Gasteiger partial charge in [0.15, 0.2) is 0 Å². The molecule has 1 spiro atoms. The van der Waals surface area contributed by atoms with Crippen molar-refractivity contribution < 1.29 is 14.3 Å². The zero-order chi connectivity index (χ0) is 16.3. The van der Waals surface area contributed by atoms with Crippen LogP contribution in [0.3, 0.4) is 0 Å². The number of rotatable bonds is 3. The van der Waals surface area contributed by atoms with E-state index in [1.54, 1.807) is 0 Å². The molecule has 0 N–H and O–H groups in total. The predicted molar refractivity (Wildman–Crippen MR) is 86.1 cm³/mol. The Hall–Kier alpha value is -0.830. The molecule has 2 bridgehead atoms. The molecule has 3 fully saturated rings. The molecule has 5 atom stereocenters. The third-order valence-corrected chi connectivity index (χ3v) is 6.29. The van der Waals surface area contributed by atoms with Gasteiger partial charge in [-0.15, -0.1) is 0 Å². The zero-order valence-corrected chi connectivity index (χ0v) is 14.6. The number of hydrogen-bond acceptors (Lipinski definition) is 3. The van der Waals surface area contributed by atoms with Crippen molar-refractivity contribution in [2.24, 2.45) is 29.6 Å². The van der Waals surface area contributed by atoms with Crippen molar-refractivity contribution in [3.8, 4) is 0 Å². The van der Waals surface area contributed by atoms with Gasteiger partial charge in [-0.3, -0.25) is 4.79 Å². The second-order valence-corrected chi connectivity index (χ2v) is 8.37. The number of fused-ring (bicyclic) bond motifs is 1. The summed E-state index contributed by atoms with van der Waals surface area (Å²) in [5.74, 6) is 0.583. The van der Waals surface area contributed by atoms with Crippen LogP contribution >= 0.6 is 0 Å². The van der Waals surface area contributed by atoms with Crippen LogP contribution in [0.15, 0.2) is 12.2 Å². The summed E-state index contributed by atoms with van der Waals surface area (Å²) in [6, 6.07) is 0. The van der Waals surface area contributed by atoms with E-state index in [0.29, 0.717) is 24.2 Å². The van der Waals surface area contributed by atoms with Gasteiger partial charge in [0.1, 0.15) is 0 Å². The fraction of sp³-hybridized carbons (Fsp3) is 0.842. The lowest BCUT2D eigenvalue weighted by Gasteiger charge is -2.45. The lowest BCUT2D eigenvalue weighted by molar-refractivity contribution is -0.282. The molecule has 0 radical (unpaired) electrons.